The number of aliphatic hydroxyl groups excluding tert-OH is 1. The van der Waals surface area contributed by atoms with Crippen molar-refractivity contribution in [3.05, 3.63) is 65.9 Å². The summed E-state index contributed by atoms with van der Waals surface area (Å²) in [6, 6.07) is 15.1. The number of ether oxygens (including phenoxy) is 1. The van der Waals surface area contributed by atoms with Crippen molar-refractivity contribution in [3.63, 3.8) is 0 Å². The highest BCUT2D eigenvalue weighted by atomic mass is 19.4. The maximum absolute atomic E-state index is 14.1. The van der Waals surface area contributed by atoms with E-state index in [9.17, 15) is 18.3 Å². The van der Waals surface area contributed by atoms with Gasteiger partial charge in [0, 0.05) is 76.2 Å². The number of hydrogen-bond donors (Lipinski definition) is 2. The Bertz CT molecular complexity index is 1410. The van der Waals surface area contributed by atoms with Gasteiger partial charge in [-0.25, -0.2) is 10.0 Å². The van der Waals surface area contributed by atoms with Crippen molar-refractivity contribution in [3.8, 4) is 5.75 Å². The number of β-amino-alcohol motifs (C(OH)–C–C–N with tert-alkyl or cyclic N) is 1. The molecule has 0 spiro atoms. The van der Waals surface area contributed by atoms with Crippen molar-refractivity contribution in [2.75, 3.05) is 81.4 Å². The van der Waals surface area contributed by atoms with Gasteiger partial charge in [-0.1, -0.05) is 30.3 Å². The molecular formula is C32H40F3N7O3. The van der Waals surface area contributed by atoms with E-state index in [1.807, 2.05) is 48.5 Å². The number of aromatic nitrogens is 2. The molecule has 0 saturated carbocycles. The van der Waals surface area contributed by atoms with E-state index in [4.69, 9.17) is 9.57 Å². The van der Waals surface area contributed by atoms with Crippen LogP contribution in [0.1, 0.15) is 36.4 Å². The van der Waals surface area contributed by atoms with Crippen LogP contribution in [0.2, 0.25) is 0 Å². The normalized spacial score (nSPS) is 20.5. The van der Waals surface area contributed by atoms with E-state index in [-0.39, 0.29) is 25.0 Å². The van der Waals surface area contributed by atoms with Crippen molar-refractivity contribution in [2.45, 2.75) is 37.5 Å². The van der Waals surface area contributed by atoms with E-state index < -0.39 is 17.8 Å². The topological polar surface area (TPSA) is 89.5 Å². The number of hydroxylamine groups is 1. The molecular weight excluding hydrogens is 587 g/mol. The van der Waals surface area contributed by atoms with Gasteiger partial charge in [0.1, 0.15) is 11.3 Å². The highest BCUT2D eigenvalue weighted by molar-refractivity contribution is 5.68. The molecule has 0 radical (unpaired) electrons. The quantitative estimate of drug-likeness (QED) is 0.348. The number of piperidine rings is 1. The Labute approximate surface area is 261 Å². The summed E-state index contributed by atoms with van der Waals surface area (Å²) >= 11 is 0. The summed E-state index contributed by atoms with van der Waals surface area (Å²) in [5, 5.41) is 13.5. The lowest BCUT2D eigenvalue weighted by Crippen LogP contribution is -2.53. The molecule has 0 bridgehead atoms. The average Bonchev–Trinajstić information content (AvgIpc) is 3.55. The first kappa shape index (κ1) is 31.3. The number of alkyl halides is 3. The number of piperazine rings is 1. The van der Waals surface area contributed by atoms with Crippen molar-refractivity contribution in [2.24, 2.45) is 0 Å². The van der Waals surface area contributed by atoms with Crippen LogP contribution in [0.3, 0.4) is 0 Å². The molecule has 13 heteroatoms. The number of aliphatic hydroxyl groups is 1. The second-order valence-electron chi connectivity index (χ2n) is 11.6. The van der Waals surface area contributed by atoms with Crippen LogP contribution in [0.5, 0.6) is 5.75 Å². The predicted molar refractivity (Wildman–Crippen MR) is 166 cm³/mol. The summed E-state index contributed by atoms with van der Waals surface area (Å²) in [5.74, 6) is 0.359. The van der Waals surface area contributed by atoms with E-state index in [0.29, 0.717) is 23.9 Å². The highest BCUT2D eigenvalue weighted by Gasteiger charge is 2.40. The summed E-state index contributed by atoms with van der Waals surface area (Å²) in [7, 11) is 1.61. The summed E-state index contributed by atoms with van der Waals surface area (Å²) in [6.07, 6.45) is -1.22. The Kier molecular flexibility index (Phi) is 9.59. The van der Waals surface area contributed by atoms with Gasteiger partial charge in [-0.2, -0.15) is 18.2 Å². The SMILES string of the molecule is COc1cc(Nc2ncc(C(F)(F)F)c(N3OCCC3c3ccccc3)n2)ccc1N1CCC(N2CCN(CCO)CC2)CC1. The van der Waals surface area contributed by atoms with Crippen LogP contribution < -0.4 is 20.0 Å². The molecule has 0 amide bonds. The van der Waals surface area contributed by atoms with E-state index >= 15 is 0 Å². The first-order valence-electron chi connectivity index (χ1n) is 15.5. The van der Waals surface area contributed by atoms with Crippen LogP contribution in [-0.2, 0) is 11.0 Å². The van der Waals surface area contributed by atoms with Gasteiger partial charge >= 0.3 is 6.18 Å². The number of halogens is 3. The number of nitrogens with one attached hydrogen (secondary N) is 1. The standard InChI is InChI=1S/C32H40F3N7O3/c1-44-29-21-24(7-8-28(29)41-12-9-25(10-13-41)40-16-14-39(15-17-40)18-19-43)37-31-36-22-26(32(33,34)35)30(38-31)42-27(11-20-45-42)23-5-3-2-4-6-23/h2-8,21-22,25,27,43H,9-20H2,1H3,(H,36,37,38). The number of benzene rings is 2. The van der Waals surface area contributed by atoms with Crippen molar-refractivity contribution in [1.29, 1.82) is 0 Å². The zero-order valence-electron chi connectivity index (χ0n) is 25.4. The van der Waals surface area contributed by atoms with Crippen molar-refractivity contribution >= 4 is 23.1 Å². The predicted octanol–water partition coefficient (Wildman–Crippen LogP) is 4.71. The van der Waals surface area contributed by atoms with Crippen LogP contribution in [0, 0.1) is 0 Å². The third-order valence-corrected chi connectivity index (χ3v) is 8.95. The number of hydrogen-bond acceptors (Lipinski definition) is 10. The van der Waals surface area contributed by atoms with Crippen LogP contribution >= 0.6 is 0 Å². The summed E-state index contributed by atoms with van der Waals surface area (Å²) in [5.41, 5.74) is 1.46. The van der Waals surface area contributed by atoms with Crippen LogP contribution in [0.15, 0.2) is 54.7 Å². The van der Waals surface area contributed by atoms with Gasteiger partial charge in [-0.15, -0.1) is 0 Å². The second kappa shape index (κ2) is 13.8. The molecule has 3 aliphatic rings. The van der Waals surface area contributed by atoms with E-state index in [0.717, 1.165) is 76.1 Å². The van der Waals surface area contributed by atoms with Gasteiger partial charge in [0.2, 0.25) is 5.95 Å². The molecule has 45 heavy (non-hydrogen) atoms. The minimum Gasteiger partial charge on any atom is -0.495 e. The molecule has 1 unspecified atom stereocenters. The molecule has 10 nitrogen and oxygen atoms in total. The third-order valence-electron chi connectivity index (χ3n) is 8.95. The Morgan fingerprint density at radius 3 is 2.44 bits per heavy atom. The maximum Gasteiger partial charge on any atom is 0.421 e. The summed E-state index contributed by atoms with van der Waals surface area (Å²) in [4.78, 5) is 21.2. The van der Waals surface area contributed by atoms with E-state index in [1.54, 1.807) is 7.11 Å². The molecule has 4 heterocycles. The fourth-order valence-electron chi connectivity index (χ4n) is 6.57. The Morgan fingerprint density at radius 1 is 1.00 bits per heavy atom. The number of anilines is 4. The Hall–Kier alpha value is -3.65. The summed E-state index contributed by atoms with van der Waals surface area (Å²) in [6.45, 7) is 7.06. The maximum atomic E-state index is 14.1. The van der Waals surface area contributed by atoms with E-state index in [1.165, 1.54) is 5.06 Å². The van der Waals surface area contributed by atoms with Gasteiger partial charge in [-0.3, -0.25) is 14.6 Å². The Balaban J connectivity index is 1.15. The minimum atomic E-state index is -4.66. The molecule has 0 aliphatic carbocycles. The number of methoxy groups -OCH3 is 1. The third kappa shape index (κ3) is 7.11. The monoisotopic (exact) mass is 627 g/mol. The minimum absolute atomic E-state index is 0.0232. The lowest BCUT2D eigenvalue weighted by molar-refractivity contribution is -0.138. The molecule has 3 aromatic rings. The first-order valence-corrected chi connectivity index (χ1v) is 15.5. The molecule has 1 aromatic heterocycles. The zero-order chi connectivity index (χ0) is 31.4. The van der Waals surface area contributed by atoms with Gasteiger partial charge in [0.25, 0.3) is 0 Å². The molecule has 2 aromatic carbocycles. The molecule has 6 rings (SSSR count). The average molecular weight is 628 g/mol. The lowest BCUT2D eigenvalue weighted by Gasteiger charge is -2.43. The van der Waals surface area contributed by atoms with Gasteiger partial charge in [0.15, 0.2) is 5.82 Å². The van der Waals surface area contributed by atoms with Crippen molar-refractivity contribution in [1.82, 2.24) is 19.8 Å². The molecule has 242 valence electrons. The molecule has 2 N–H and O–H groups in total. The van der Waals surface area contributed by atoms with Crippen molar-refractivity contribution < 1.29 is 27.9 Å². The Morgan fingerprint density at radius 2 is 1.76 bits per heavy atom. The summed E-state index contributed by atoms with van der Waals surface area (Å²) < 4.78 is 48.0. The van der Waals surface area contributed by atoms with Gasteiger partial charge in [0.05, 0.1) is 32.1 Å². The second-order valence-corrected chi connectivity index (χ2v) is 11.6. The lowest BCUT2D eigenvalue weighted by atomic mass is 10.0. The molecule has 3 saturated heterocycles. The fourth-order valence-corrected chi connectivity index (χ4v) is 6.57. The smallest absolute Gasteiger partial charge is 0.421 e. The van der Waals surface area contributed by atoms with Gasteiger partial charge in [-0.05, 0) is 30.5 Å². The molecule has 1 atom stereocenters. The van der Waals surface area contributed by atoms with Gasteiger partial charge < -0.3 is 20.1 Å². The molecule has 3 aliphatic heterocycles. The first-order chi connectivity index (χ1) is 21.8. The van der Waals surface area contributed by atoms with Crippen LogP contribution in [0.4, 0.5) is 36.3 Å². The van der Waals surface area contributed by atoms with E-state index in [2.05, 4.69) is 30.0 Å². The number of nitrogens with zero attached hydrogens (tertiary/aromatic N) is 6. The molecule has 3 fully saturated rings. The zero-order valence-corrected chi connectivity index (χ0v) is 25.4. The fraction of sp³-hybridized carbons (Fsp3) is 0.500. The van der Waals surface area contributed by atoms with Crippen LogP contribution in [-0.4, -0.2) is 97.1 Å². The number of rotatable bonds is 9. The highest BCUT2D eigenvalue weighted by Crippen LogP contribution is 2.42. The van der Waals surface area contributed by atoms with Crippen LogP contribution in [0.25, 0.3) is 0 Å². The largest absolute Gasteiger partial charge is 0.495 e.